The monoisotopic (exact) mass is 332 g/mol. The van der Waals surface area contributed by atoms with E-state index in [4.69, 9.17) is 16.3 Å². The van der Waals surface area contributed by atoms with E-state index < -0.39 is 10.0 Å². The van der Waals surface area contributed by atoms with Crippen LogP contribution in [-0.4, -0.2) is 46.6 Å². The molecule has 1 saturated heterocycles. The predicted octanol–water partition coefficient (Wildman–Crippen LogP) is 1.72. The first-order valence-corrected chi connectivity index (χ1v) is 8.73. The van der Waals surface area contributed by atoms with Crippen LogP contribution >= 0.6 is 11.6 Å². The summed E-state index contributed by atoms with van der Waals surface area (Å²) in [6.07, 6.45) is 0.832. The molecule has 0 bridgehead atoms. The molecule has 2 rings (SSSR count). The summed E-state index contributed by atoms with van der Waals surface area (Å²) in [5, 5.41) is 3.47. The molecule has 1 aromatic rings. The highest BCUT2D eigenvalue weighted by Gasteiger charge is 2.32. The first-order chi connectivity index (χ1) is 9.98. The zero-order valence-corrected chi connectivity index (χ0v) is 13.9. The van der Waals surface area contributed by atoms with Crippen molar-refractivity contribution in [1.29, 1.82) is 0 Å². The van der Waals surface area contributed by atoms with Crippen molar-refractivity contribution in [2.45, 2.75) is 17.9 Å². The molecular formula is C14H21ClN2O3S. The van der Waals surface area contributed by atoms with Crippen molar-refractivity contribution < 1.29 is 13.2 Å². The second-order valence-electron chi connectivity index (χ2n) is 5.26. The van der Waals surface area contributed by atoms with Crippen molar-refractivity contribution in [3.63, 3.8) is 0 Å². The third kappa shape index (κ3) is 3.76. The second-order valence-corrected chi connectivity index (χ2v) is 7.60. The molecule has 1 N–H and O–H groups in total. The van der Waals surface area contributed by atoms with Gasteiger partial charge in [-0.1, -0.05) is 17.7 Å². The van der Waals surface area contributed by atoms with E-state index in [-0.39, 0.29) is 10.8 Å². The highest BCUT2D eigenvalue weighted by Crippen LogP contribution is 2.27. The molecule has 0 radical (unpaired) electrons. The van der Waals surface area contributed by atoms with E-state index in [9.17, 15) is 8.42 Å². The average Bonchev–Trinajstić information content (AvgIpc) is 2.91. The lowest BCUT2D eigenvalue weighted by Gasteiger charge is -2.17. The van der Waals surface area contributed by atoms with Gasteiger partial charge in [0.15, 0.2) is 0 Å². The van der Waals surface area contributed by atoms with E-state index in [1.165, 1.54) is 10.4 Å². The van der Waals surface area contributed by atoms with Gasteiger partial charge >= 0.3 is 0 Å². The van der Waals surface area contributed by atoms with Gasteiger partial charge in [-0.15, -0.1) is 0 Å². The summed E-state index contributed by atoms with van der Waals surface area (Å²) in [7, 11) is -0.0143. The molecule has 0 aliphatic carbocycles. The van der Waals surface area contributed by atoms with Gasteiger partial charge in [0.05, 0.1) is 11.5 Å². The van der Waals surface area contributed by atoms with Crippen molar-refractivity contribution in [3.8, 4) is 0 Å². The number of nitrogens with zero attached hydrogens (tertiary/aromatic N) is 1. The van der Waals surface area contributed by atoms with Crippen LogP contribution in [0.15, 0.2) is 23.1 Å². The molecule has 1 unspecified atom stereocenters. The third-order valence-electron chi connectivity index (χ3n) is 3.68. The minimum atomic E-state index is -3.47. The summed E-state index contributed by atoms with van der Waals surface area (Å²) in [5.74, 6) is 0.267. The maximum Gasteiger partial charge on any atom is 0.243 e. The standard InChI is InChI=1S/C14H21ClN2O3S/c1-16-8-12-3-4-13(7-14(12)15)21(18,19)17-6-5-11(9-17)10-20-2/h3-4,7,11,16H,5-6,8-10H2,1-2H3. The van der Waals surface area contributed by atoms with Gasteiger partial charge < -0.3 is 10.1 Å². The van der Waals surface area contributed by atoms with Gasteiger partial charge in [0.1, 0.15) is 0 Å². The van der Waals surface area contributed by atoms with Crippen molar-refractivity contribution in [3.05, 3.63) is 28.8 Å². The number of hydrogen-bond donors (Lipinski definition) is 1. The Hall–Kier alpha value is -0.660. The Kier molecular flexibility index (Phi) is 5.62. The van der Waals surface area contributed by atoms with Crippen molar-refractivity contribution in [2.75, 3.05) is 33.9 Å². The summed E-state index contributed by atoms with van der Waals surface area (Å²) in [4.78, 5) is 0.255. The molecule has 1 fully saturated rings. The number of hydrogen-bond acceptors (Lipinski definition) is 4. The zero-order chi connectivity index (χ0) is 15.5. The van der Waals surface area contributed by atoms with Gasteiger partial charge in [0, 0.05) is 31.8 Å². The van der Waals surface area contributed by atoms with Gasteiger partial charge in [-0.05, 0) is 37.1 Å². The van der Waals surface area contributed by atoms with E-state index in [0.29, 0.717) is 31.3 Å². The largest absolute Gasteiger partial charge is 0.384 e. The highest BCUT2D eigenvalue weighted by atomic mass is 35.5. The molecule has 1 aliphatic rings. The lowest BCUT2D eigenvalue weighted by atomic mass is 10.1. The van der Waals surface area contributed by atoms with Gasteiger partial charge in [-0.25, -0.2) is 8.42 Å². The molecule has 1 heterocycles. The Morgan fingerprint density at radius 1 is 1.48 bits per heavy atom. The predicted molar refractivity (Wildman–Crippen MR) is 83.0 cm³/mol. The maximum absolute atomic E-state index is 12.6. The van der Waals surface area contributed by atoms with Gasteiger partial charge in [-0.3, -0.25) is 0 Å². The number of benzene rings is 1. The number of methoxy groups -OCH3 is 1. The SMILES string of the molecule is CNCc1ccc(S(=O)(=O)N2CCC(COC)C2)cc1Cl. The lowest BCUT2D eigenvalue weighted by molar-refractivity contribution is 0.157. The topological polar surface area (TPSA) is 58.6 Å². The Balaban J connectivity index is 2.18. The normalized spacial score (nSPS) is 20.0. The molecule has 0 spiro atoms. The molecule has 0 amide bonds. The van der Waals surface area contributed by atoms with E-state index in [1.807, 2.05) is 7.05 Å². The quantitative estimate of drug-likeness (QED) is 0.861. The molecular weight excluding hydrogens is 312 g/mol. The number of nitrogens with one attached hydrogen (secondary N) is 1. The van der Waals surface area contributed by atoms with Crippen LogP contribution in [0.25, 0.3) is 0 Å². The maximum atomic E-state index is 12.6. The minimum absolute atomic E-state index is 0.255. The van der Waals surface area contributed by atoms with Crippen LogP contribution in [0.5, 0.6) is 0 Å². The Bertz CT molecular complexity index is 592. The smallest absolute Gasteiger partial charge is 0.243 e. The lowest BCUT2D eigenvalue weighted by Crippen LogP contribution is -2.29. The van der Waals surface area contributed by atoms with Gasteiger partial charge in [-0.2, -0.15) is 4.31 Å². The number of halogens is 1. The minimum Gasteiger partial charge on any atom is -0.384 e. The van der Waals surface area contributed by atoms with Crippen molar-refractivity contribution in [2.24, 2.45) is 5.92 Å². The van der Waals surface area contributed by atoms with Crippen LogP contribution < -0.4 is 5.32 Å². The highest BCUT2D eigenvalue weighted by molar-refractivity contribution is 7.89. The van der Waals surface area contributed by atoms with Crippen LogP contribution in [0.1, 0.15) is 12.0 Å². The molecule has 0 aromatic heterocycles. The van der Waals surface area contributed by atoms with Gasteiger partial charge in [0.25, 0.3) is 0 Å². The van der Waals surface area contributed by atoms with Crippen LogP contribution in [0.4, 0.5) is 0 Å². The molecule has 1 aromatic carbocycles. The molecule has 0 saturated carbocycles. The van der Waals surface area contributed by atoms with Crippen LogP contribution in [0.2, 0.25) is 5.02 Å². The van der Waals surface area contributed by atoms with Gasteiger partial charge in [0.2, 0.25) is 10.0 Å². The summed E-state index contributed by atoms with van der Waals surface area (Å²) >= 11 is 6.16. The Morgan fingerprint density at radius 2 is 2.24 bits per heavy atom. The number of rotatable bonds is 6. The van der Waals surface area contributed by atoms with E-state index in [0.717, 1.165) is 12.0 Å². The molecule has 118 valence electrons. The van der Waals surface area contributed by atoms with Crippen LogP contribution in [0, 0.1) is 5.92 Å². The first kappa shape index (κ1) is 16.7. The van der Waals surface area contributed by atoms with E-state index in [2.05, 4.69) is 5.32 Å². The molecule has 1 atom stereocenters. The fraction of sp³-hybridized carbons (Fsp3) is 0.571. The van der Waals surface area contributed by atoms with Crippen LogP contribution in [-0.2, 0) is 21.3 Å². The first-order valence-electron chi connectivity index (χ1n) is 6.91. The third-order valence-corrected chi connectivity index (χ3v) is 5.89. The summed E-state index contributed by atoms with van der Waals surface area (Å²) < 4.78 is 31.9. The molecule has 21 heavy (non-hydrogen) atoms. The molecule has 7 heteroatoms. The van der Waals surface area contributed by atoms with E-state index in [1.54, 1.807) is 19.2 Å². The summed E-state index contributed by atoms with van der Waals surface area (Å²) in [6, 6.07) is 4.92. The second kappa shape index (κ2) is 7.07. The van der Waals surface area contributed by atoms with Crippen LogP contribution in [0.3, 0.4) is 0 Å². The summed E-state index contributed by atoms with van der Waals surface area (Å²) in [5.41, 5.74) is 0.886. The van der Waals surface area contributed by atoms with E-state index >= 15 is 0 Å². The number of sulfonamides is 1. The van der Waals surface area contributed by atoms with Crippen molar-refractivity contribution >= 4 is 21.6 Å². The number of ether oxygens (including phenoxy) is 1. The molecule has 1 aliphatic heterocycles. The Morgan fingerprint density at radius 3 is 2.86 bits per heavy atom. The zero-order valence-electron chi connectivity index (χ0n) is 12.3. The average molecular weight is 333 g/mol. The fourth-order valence-corrected chi connectivity index (χ4v) is 4.43. The molecule has 5 nitrogen and oxygen atoms in total. The summed E-state index contributed by atoms with van der Waals surface area (Å²) in [6.45, 7) is 2.24. The Labute approximate surface area is 131 Å². The fourth-order valence-electron chi connectivity index (χ4n) is 2.56. The van der Waals surface area contributed by atoms with Crippen molar-refractivity contribution in [1.82, 2.24) is 9.62 Å².